The topological polar surface area (TPSA) is 86.0 Å². The van der Waals surface area contributed by atoms with Crippen molar-refractivity contribution in [3.05, 3.63) is 28.6 Å². The Kier molecular flexibility index (Phi) is 5.22. The molecule has 124 valence electrons. The van der Waals surface area contributed by atoms with E-state index in [9.17, 15) is 0 Å². The zero-order valence-corrected chi connectivity index (χ0v) is 14.8. The summed E-state index contributed by atoms with van der Waals surface area (Å²) in [5, 5.41) is 7.43. The first-order valence-electron chi connectivity index (χ1n) is 7.79. The second-order valence-corrected chi connectivity index (χ2v) is 6.86. The van der Waals surface area contributed by atoms with E-state index in [1.165, 1.54) is 0 Å². The van der Waals surface area contributed by atoms with Gasteiger partial charge in [-0.05, 0) is 34.7 Å². The molecule has 23 heavy (non-hydrogen) atoms. The first-order valence-corrected chi connectivity index (χ1v) is 8.58. The summed E-state index contributed by atoms with van der Waals surface area (Å²) in [6, 6.07) is -0.111. The van der Waals surface area contributed by atoms with Crippen molar-refractivity contribution < 1.29 is 9.26 Å². The molecule has 1 aliphatic rings. The van der Waals surface area contributed by atoms with Crippen molar-refractivity contribution in [2.45, 2.75) is 38.6 Å². The number of hydrogen-bond donors (Lipinski definition) is 1. The zero-order chi connectivity index (χ0) is 16.2. The molecule has 0 radical (unpaired) electrons. The van der Waals surface area contributed by atoms with Crippen molar-refractivity contribution >= 4 is 21.9 Å². The van der Waals surface area contributed by atoms with Crippen molar-refractivity contribution in [2.24, 2.45) is 5.92 Å². The van der Waals surface area contributed by atoms with Gasteiger partial charge in [0.1, 0.15) is 6.04 Å². The van der Waals surface area contributed by atoms with E-state index in [4.69, 9.17) is 9.26 Å². The Bertz CT molecular complexity index is 625. The molecule has 2 aromatic heterocycles. The molecule has 2 aromatic rings. The van der Waals surface area contributed by atoms with E-state index < -0.39 is 0 Å². The Hall–Kier alpha value is -1.54. The van der Waals surface area contributed by atoms with Gasteiger partial charge in [-0.25, -0.2) is 9.97 Å². The maximum atomic E-state index is 5.51. The fraction of sp³-hybridized carbons (Fsp3) is 0.600. The number of rotatable bonds is 5. The lowest BCUT2D eigenvalue weighted by atomic mass is 9.91. The van der Waals surface area contributed by atoms with Gasteiger partial charge >= 0.3 is 0 Å². The standard InChI is InChI=1S/C15H20BrN5O2/c1-9(2)13-20-14(23-21-13)12(10-3-5-22-6-4-10)19-15-17-7-11(16)8-18-15/h7-10,12H,3-6H2,1-2H3,(H,17,18,19)/t12-/m0/s1. The van der Waals surface area contributed by atoms with Crippen LogP contribution in [-0.4, -0.2) is 33.3 Å². The number of ether oxygens (including phenoxy) is 1. The summed E-state index contributed by atoms with van der Waals surface area (Å²) in [4.78, 5) is 13.1. The Morgan fingerprint density at radius 2 is 1.91 bits per heavy atom. The van der Waals surface area contributed by atoms with Crippen molar-refractivity contribution in [1.29, 1.82) is 0 Å². The van der Waals surface area contributed by atoms with E-state index >= 15 is 0 Å². The molecule has 1 N–H and O–H groups in total. The SMILES string of the molecule is CC(C)c1noc([C@@H](Nc2ncc(Br)cn2)C2CCOCC2)n1. The van der Waals surface area contributed by atoms with Gasteiger partial charge in [0.25, 0.3) is 0 Å². The summed E-state index contributed by atoms with van der Waals surface area (Å²) < 4.78 is 11.8. The van der Waals surface area contributed by atoms with Crippen LogP contribution in [0, 0.1) is 5.92 Å². The third kappa shape index (κ3) is 4.06. The van der Waals surface area contributed by atoms with Crippen LogP contribution >= 0.6 is 15.9 Å². The van der Waals surface area contributed by atoms with Crippen LogP contribution in [0.15, 0.2) is 21.4 Å². The highest BCUT2D eigenvalue weighted by atomic mass is 79.9. The molecular weight excluding hydrogens is 362 g/mol. The fourth-order valence-electron chi connectivity index (χ4n) is 2.56. The average molecular weight is 382 g/mol. The molecule has 0 aliphatic carbocycles. The molecule has 0 aromatic carbocycles. The van der Waals surface area contributed by atoms with Crippen LogP contribution < -0.4 is 5.32 Å². The minimum Gasteiger partial charge on any atom is -0.381 e. The number of nitrogens with zero attached hydrogens (tertiary/aromatic N) is 4. The molecule has 1 aliphatic heterocycles. The summed E-state index contributed by atoms with van der Waals surface area (Å²) in [5.41, 5.74) is 0. The molecule has 3 rings (SSSR count). The Morgan fingerprint density at radius 3 is 2.52 bits per heavy atom. The first kappa shape index (κ1) is 16.3. The van der Waals surface area contributed by atoms with Gasteiger partial charge in [-0.15, -0.1) is 0 Å². The van der Waals surface area contributed by atoms with Gasteiger partial charge in [0.15, 0.2) is 5.82 Å². The van der Waals surface area contributed by atoms with Gasteiger partial charge in [0.2, 0.25) is 11.8 Å². The molecule has 1 fully saturated rings. The summed E-state index contributed by atoms with van der Waals surface area (Å²) in [6.45, 7) is 5.58. The second-order valence-electron chi connectivity index (χ2n) is 5.94. The van der Waals surface area contributed by atoms with Gasteiger partial charge < -0.3 is 14.6 Å². The largest absolute Gasteiger partial charge is 0.381 e. The Morgan fingerprint density at radius 1 is 1.22 bits per heavy atom. The third-order valence-electron chi connectivity index (χ3n) is 3.88. The van der Waals surface area contributed by atoms with Gasteiger partial charge in [-0.1, -0.05) is 19.0 Å². The number of aromatic nitrogens is 4. The monoisotopic (exact) mass is 381 g/mol. The summed E-state index contributed by atoms with van der Waals surface area (Å²) in [7, 11) is 0. The molecular formula is C15H20BrN5O2. The van der Waals surface area contributed by atoms with Crippen LogP contribution in [0.25, 0.3) is 0 Å². The second kappa shape index (κ2) is 7.35. The summed E-state index contributed by atoms with van der Waals surface area (Å²) in [5.74, 6) is 2.43. The van der Waals surface area contributed by atoms with Crippen LogP contribution in [0.3, 0.4) is 0 Å². The highest BCUT2D eigenvalue weighted by Crippen LogP contribution is 2.32. The molecule has 0 saturated carbocycles. The van der Waals surface area contributed by atoms with Crippen LogP contribution in [0.2, 0.25) is 0 Å². The lowest BCUT2D eigenvalue weighted by Gasteiger charge is -2.28. The van der Waals surface area contributed by atoms with Gasteiger partial charge in [-0.3, -0.25) is 0 Å². The fourth-order valence-corrected chi connectivity index (χ4v) is 2.77. The van der Waals surface area contributed by atoms with Crippen molar-refractivity contribution in [3.63, 3.8) is 0 Å². The predicted octanol–water partition coefficient (Wildman–Crippen LogP) is 3.33. The number of halogens is 1. The van der Waals surface area contributed by atoms with Crippen LogP contribution in [0.1, 0.15) is 50.4 Å². The van der Waals surface area contributed by atoms with Gasteiger partial charge in [0, 0.05) is 31.5 Å². The van der Waals surface area contributed by atoms with Crippen LogP contribution in [-0.2, 0) is 4.74 Å². The van der Waals surface area contributed by atoms with Crippen molar-refractivity contribution in [2.75, 3.05) is 18.5 Å². The Labute approximate surface area is 143 Å². The highest BCUT2D eigenvalue weighted by Gasteiger charge is 2.31. The van der Waals surface area contributed by atoms with E-state index in [0.29, 0.717) is 17.8 Å². The smallest absolute Gasteiger partial charge is 0.249 e. The first-order chi connectivity index (χ1) is 11.1. The van der Waals surface area contributed by atoms with E-state index in [2.05, 4.69) is 41.4 Å². The lowest BCUT2D eigenvalue weighted by molar-refractivity contribution is 0.0570. The molecule has 0 bridgehead atoms. The minimum absolute atomic E-state index is 0.111. The lowest BCUT2D eigenvalue weighted by Crippen LogP contribution is -2.28. The zero-order valence-electron chi connectivity index (χ0n) is 13.2. The molecule has 0 spiro atoms. The van der Waals surface area contributed by atoms with E-state index in [1.54, 1.807) is 12.4 Å². The van der Waals surface area contributed by atoms with E-state index in [0.717, 1.165) is 36.4 Å². The average Bonchev–Trinajstić information content (AvgIpc) is 3.05. The van der Waals surface area contributed by atoms with Crippen molar-refractivity contribution in [3.8, 4) is 0 Å². The van der Waals surface area contributed by atoms with E-state index in [1.807, 2.05) is 13.8 Å². The maximum Gasteiger partial charge on any atom is 0.249 e. The molecule has 0 amide bonds. The summed E-state index contributed by atoms with van der Waals surface area (Å²) in [6.07, 6.45) is 5.30. The normalized spacial score (nSPS) is 17.4. The summed E-state index contributed by atoms with van der Waals surface area (Å²) >= 11 is 3.34. The van der Waals surface area contributed by atoms with Crippen LogP contribution in [0.4, 0.5) is 5.95 Å². The number of anilines is 1. The molecule has 1 saturated heterocycles. The number of hydrogen-bond acceptors (Lipinski definition) is 7. The van der Waals surface area contributed by atoms with Crippen LogP contribution in [0.5, 0.6) is 0 Å². The minimum atomic E-state index is -0.111. The molecule has 7 nitrogen and oxygen atoms in total. The molecule has 3 heterocycles. The Balaban J connectivity index is 1.84. The molecule has 8 heteroatoms. The maximum absolute atomic E-state index is 5.51. The van der Waals surface area contributed by atoms with E-state index in [-0.39, 0.29) is 12.0 Å². The third-order valence-corrected chi connectivity index (χ3v) is 4.29. The van der Waals surface area contributed by atoms with Crippen molar-refractivity contribution in [1.82, 2.24) is 20.1 Å². The highest BCUT2D eigenvalue weighted by molar-refractivity contribution is 9.10. The number of nitrogens with one attached hydrogen (secondary N) is 1. The quantitative estimate of drug-likeness (QED) is 0.849. The molecule has 1 atom stereocenters. The van der Waals surface area contributed by atoms with Gasteiger partial charge in [0.05, 0.1) is 4.47 Å². The molecule has 0 unspecified atom stereocenters. The predicted molar refractivity (Wildman–Crippen MR) is 88.0 cm³/mol. The van der Waals surface area contributed by atoms with Gasteiger partial charge in [-0.2, -0.15) is 4.98 Å².